The molecule has 2 aromatic heterocycles. The van der Waals surface area contributed by atoms with Crippen molar-refractivity contribution in [1.82, 2.24) is 18.7 Å². The second-order valence-electron chi connectivity index (χ2n) is 3.90. The maximum absolute atomic E-state index is 12.1. The molecule has 0 radical (unpaired) electrons. The first-order valence-corrected chi connectivity index (χ1v) is 5.29. The van der Waals surface area contributed by atoms with Gasteiger partial charge >= 0.3 is 5.69 Å². The molecule has 2 rings (SSSR count). The topological polar surface area (TPSA) is 82.1 Å². The van der Waals surface area contributed by atoms with Crippen molar-refractivity contribution < 1.29 is 5.11 Å². The van der Waals surface area contributed by atoms with E-state index in [0.717, 1.165) is 4.57 Å². The van der Waals surface area contributed by atoms with Crippen LogP contribution in [0.1, 0.15) is 6.42 Å². The zero-order valence-corrected chi connectivity index (χ0v) is 9.75. The van der Waals surface area contributed by atoms with Gasteiger partial charge in [-0.15, -0.1) is 0 Å². The minimum absolute atomic E-state index is 0.0565. The number of aromatic nitrogens is 4. The Labute approximate surface area is 96.6 Å². The minimum Gasteiger partial charge on any atom is -0.396 e. The molecule has 0 fully saturated rings. The molecule has 0 bridgehead atoms. The van der Waals surface area contributed by atoms with Crippen LogP contribution in [0.3, 0.4) is 0 Å². The summed E-state index contributed by atoms with van der Waals surface area (Å²) < 4.78 is 4.06. The Balaban J connectivity index is 2.80. The van der Waals surface area contributed by atoms with E-state index in [9.17, 15) is 9.59 Å². The monoisotopic (exact) mass is 238 g/mol. The van der Waals surface area contributed by atoms with Crippen LogP contribution in [0.15, 0.2) is 15.9 Å². The van der Waals surface area contributed by atoms with Gasteiger partial charge < -0.3 is 9.67 Å². The van der Waals surface area contributed by atoms with Gasteiger partial charge in [-0.2, -0.15) is 0 Å². The van der Waals surface area contributed by atoms with Crippen LogP contribution in [0.4, 0.5) is 0 Å². The number of aliphatic hydroxyl groups excluding tert-OH is 1. The molecule has 0 spiro atoms. The molecule has 2 aromatic rings. The van der Waals surface area contributed by atoms with Gasteiger partial charge in [0, 0.05) is 27.2 Å². The Morgan fingerprint density at radius 3 is 2.71 bits per heavy atom. The summed E-state index contributed by atoms with van der Waals surface area (Å²) in [7, 11) is 3.28. The number of nitrogens with zero attached hydrogens (tertiary/aromatic N) is 4. The second kappa shape index (κ2) is 4.17. The predicted molar refractivity (Wildman–Crippen MR) is 61.9 cm³/mol. The first-order chi connectivity index (χ1) is 8.07. The van der Waals surface area contributed by atoms with Crippen molar-refractivity contribution >= 4 is 11.2 Å². The molecule has 0 aliphatic carbocycles. The van der Waals surface area contributed by atoms with Crippen LogP contribution < -0.4 is 11.2 Å². The second-order valence-corrected chi connectivity index (χ2v) is 3.90. The molecule has 0 unspecified atom stereocenters. The fourth-order valence-corrected chi connectivity index (χ4v) is 1.82. The lowest BCUT2D eigenvalue weighted by Crippen LogP contribution is -2.39. The third-order valence-corrected chi connectivity index (χ3v) is 2.74. The van der Waals surface area contributed by atoms with Crippen molar-refractivity contribution in [1.29, 1.82) is 0 Å². The number of aliphatic hydroxyl groups is 1. The van der Waals surface area contributed by atoms with Gasteiger partial charge in [0.05, 0.1) is 6.33 Å². The van der Waals surface area contributed by atoms with Gasteiger partial charge in [-0.1, -0.05) is 0 Å². The zero-order valence-electron chi connectivity index (χ0n) is 9.75. The summed E-state index contributed by atoms with van der Waals surface area (Å²) in [5.41, 5.74) is -0.000937. The van der Waals surface area contributed by atoms with E-state index in [4.69, 9.17) is 5.11 Å². The van der Waals surface area contributed by atoms with Crippen LogP contribution >= 0.6 is 0 Å². The molecule has 17 heavy (non-hydrogen) atoms. The highest BCUT2D eigenvalue weighted by Crippen LogP contribution is 2.02. The van der Waals surface area contributed by atoms with E-state index >= 15 is 0 Å². The van der Waals surface area contributed by atoms with Gasteiger partial charge in [-0.25, -0.2) is 9.78 Å². The maximum Gasteiger partial charge on any atom is 0.332 e. The summed E-state index contributed by atoms with van der Waals surface area (Å²) in [6.07, 6.45) is 1.88. The van der Waals surface area contributed by atoms with E-state index in [2.05, 4.69) is 4.98 Å². The SMILES string of the molecule is Cn1cnc2c1c(=O)n(CCCO)c(=O)n2C. The molecule has 0 aliphatic rings. The highest BCUT2D eigenvalue weighted by Gasteiger charge is 2.13. The van der Waals surface area contributed by atoms with Gasteiger partial charge in [-0.3, -0.25) is 13.9 Å². The molecular weight excluding hydrogens is 224 g/mol. The average molecular weight is 238 g/mol. The first-order valence-electron chi connectivity index (χ1n) is 5.29. The molecule has 0 aromatic carbocycles. The highest BCUT2D eigenvalue weighted by molar-refractivity contribution is 5.69. The summed E-state index contributed by atoms with van der Waals surface area (Å²) in [6, 6.07) is 0. The van der Waals surface area contributed by atoms with E-state index in [1.54, 1.807) is 18.7 Å². The molecule has 0 saturated carbocycles. The van der Waals surface area contributed by atoms with E-state index in [0.29, 0.717) is 17.6 Å². The van der Waals surface area contributed by atoms with Crippen LogP contribution in [0.2, 0.25) is 0 Å². The van der Waals surface area contributed by atoms with Gasteiger partial charge in [0.1, 0.15) is 0 Å². The van der Waals surface area contributed by atoms with E-state index in [1.165, 1.54) is 10.9 Å². The van der Waals surface area contributed by atoms with E-state index < -0.39 is 5.69 Å². The number of aryl methyl sites for hydroxylation is 2. The number of fused-ring (bicyclic) bond motifs is 1. The van der Waals surface area contributed by atoms with Crippen molar-refractivity contribution in [2.75, 3.05) is 6.61 Å². The van der Waals surface area contributed by atoms with Crippen molar-refractivity contribution in [2.24, 2.45) is 14.1 Å². The van der Waals surface area contributed by atoms with Gasteiger partial charge in [0.25, 0.3) is 5.56 Å². The van der Waals surface area contributed by atoms with Crippen molar-refractivity contribution in [3.05, 3.63) is 27.2 Å². The Kier molecular flexibility index (Phi) is 2.84. The van der Waals surface area contributed by atoms with Crippen LogP contribution in [0.25, 0.3) is 11.2 Å². The van der Waals surface area contributed by atoms with Crippen molar-refractivity contribution in [3.63, 3.8) is 0 Å². The molecule has 1 N–H and O–H groups in total. The van der Waals surface area contributed by atoms with Crippen LogP contribution in [-0.4, -0.2) is 30.4 Å². The lowest BCUT2D eigenvalue weighted by Gasteiger charge is -2.07. The molecule has 0 aliphatic heterocycles. The molecule has 7 nitrogen and oxygen atoms in total. The molecule has 0 saturated heterocycles. The van der Waals surface area contributed by atoms with Gasteiger partial charge in [0.15, 0.2) is 11.2 Å². The molecule has 0 amide bonds. The molecule has 92 valence electrons. The quantitative estimate of drug-likeness (QED) is 0.729. The minimum atomic E-state index is -0.408. The number of rotatable bonds is 3. The first kappa shape index (κ1) is 11.6. The third kappa shape index (κ3) is 1.68. The highest BCUT2D eigenvalue weighted by atomic mass is 16.3. The maximum atomic E-state index is 12.1. The molecular formula is C10H14N4O3. The Hall–Kier alpha value is -1.89. The normalized spacial score (nSPS) is 11.2. The van der Waals surface area contributed by atoms with Crippen LogP contribution in [0, 0.1) is 0 Å². The summed E-state index contributed by atoms with van der Waals surface area (Å²) in [5, 5.41) is 8.76. The summed E-state index contributed by atoms with van der Waals surface area (Å²) in [6.45, 7) is 0.155. The molecule has 7 heteroatoms. The number of hydrogen-bond acceptors (Lipinski definition) is 4. The predicted octanol–water partition coefficient (Wildman–Crippen LogP) is -1.18. The average Bonchev–Trinajstić information content (AvgIpc) is 2.69. The lowest BCUT2D eigenvalue weighted by molar-refractivity contribution is 0.277. The molecule has 2 heterocycles. The van der Waals surface area contributed by atoms with Crippen LogP contribution in [0.5, 0.6) is 0 Å². The molecule has 0 atom stereocenters. The Bertz CT molecular complexity index is 664. The van der Waals surface area contributed by atoms with E-state index in [1.807, 2.05) is 0 Å². The Morgan fingerprint density at radius 2 is 2.06 bits per heavy atom. The van der Waals surface area contributed by atoms with Gasteiger partial charge in [-0.05, 0) is 6.42 Å². The van der Waals surface area contributed by atoms with E-state index in [-0.39, 0.29) is 18.7 Å². The summed E-state index contributed by atoms with van der Waals surface area (Å²) in [4.78, 5) is 28.0. The fourth-order valence-electron chi connectivity index (χ4n) is 1.82. The third-order valence-electron chi connectivity index (χ3n) is 2.74. The standard InChI is InChI=1S/C10H14N4O3/c1-12-6-11-8-7(12)9(16)14(4-3-5-15)10(17)13(8)2/h6,15H,3-5H2,1-2H3. The number of hydrogen-bond donors (Lipinski definition) is 1. The van der Waals surface area contributed by atoms with Crippen molar-refractivity contribution in [3.8, 4) is 0 Å². The Morgan fingerprint density at radius 1 is 1.35 bits per heavy atom. The zero-order chi connectivity index (χ0) is 12.6. The summed E-state index contributed by atoms with van der Waals surface area (Å²) in [5.74, 6) is 0. The summed E-state index contributed by atoms with van der Waals surface area (Å²) >= 11 is 0. The largest absolute Gasteiger partial charge is 0.396 e. The smallest absolute Gasteiger partial charge is 0.332 e. The van der Waals surface area contributed by atoms with Gasteiger partial charge in [0.2, 0.25) is 0 Å². The number of imidazole rings is 1. The lowest BCUT2D eigenvalue weighted by atomic mass is 10.4. The van der Waals surface area contributed by atoms with Crippen LogP contribution in [-0.2, 0) is 20.6 Å². The van der Waals surface area contributed by atoms with Crippen molar-refractivity contribution in [2.45, 2.75) is 13.0 Å². The fraction of sp³-hybridized carbons (Fsp3) is 0.500.